The van der Waals surface area contributed by atoms with Crippen molar-refractivity contribution in [2.24, 2.45) is 5.92 Å². The molecule has 0 aliphatic heterocycles. The molecule has 2 heterocycles. The number of furan rings is 1. The predicted molar refractivity (Wildman–Crippen MR) is 135 cm³/mol. The number of halogens is 1. The summed E-state index contributed by atoms with van der Waals surface area (Å²) in [6, 6.07) is 16.7. The van der Waals surface area contributed by atoms with Crippen LogP contribution in [0.3, 0.4) is 0 Å². The van der Waals surface area contributed by atoms with E-state index in [-0.39, 0.29) is 18.4 Å². The molecular formula is C26H28ClN5O3. The first-order valence-corrected chi connectivity index (χ1v) is 11.9. The van der Waals surface area contributed by atoms with Crippen LogP contribution in [-0.2, 0) is 16.1 Å². The number of para-hydroxylation sites is 1. The summed E-state index contributed by atoms with van der Waals surface area (Å²) in [6.07, 6.45) is 0.811. The lowest BCUT2D eigenvalue weighted by Crippen LogP contribution is -2.45. The molecule has 2 aromatic carbocycles. The van der Waals surface area contributed by atoms with Crippen molar-refractivity contribution in [3.05, 3.63) is 77.2 Å². The number of hydrogen-bond acceptors (Lipinski definition) is 5. The number of hydrogen-bond donors (Lipinski definition) is 1. The number of rotatable bonds is 9. The molecule has 182 valence electrons. The molecule has 4 rings (SSSR count). The molecule has 4 aromatic rings. The van der Waals surface area contributed by atoms with Crippen LogP contribution in [0, 0.1) is 12.8 Å². The van der Waals surface area contributed by atoms with E-state index in [1.165, 1.54) is 9.58 Å². The number of nitrogens with zero attached hydrogens (tertiary/aromatic N) is 4. The molecule has 0 aliphatic carbocycles. The maximum atomic E-state index is 13.8. The quantitative estimate of drug-likeness (QED) is 0.357. The van der Waals surface area contributed by atoms with Gasteiger partial charge in [0.05, 0.1) is 5.52 Å². The van der Waals surface area contributed by atoms with Crippen molar-refractivity contribution >= 4 is 40.1 Å². The molecule has 9 heteroatoms. The molecule has 0 fully saturated rings. The number of amides is 2. The number of benzene rings is 2. The summed E-state index contributed by atoms with van der Waals surface area (Å²) in [5.74, 6) is 0.727. The Kier molecular flexibility index (Phi) is 7.51. The number of carbonyl (C=O) groups excluding carboxylic acids is 2. The SMILES string of the molecule is Cc1ccc(C(C(=O)NCCC(C)C)N(C(=O)Cn2nnc3ccccc32)c2cccc(Cl)c2)o1. The second-order valence-corrected chi connectivity index (χ2v) is 9.24. The van der Waals surface area contributed by atoms with Crippen LogP contribution >= 0.6 is 11.6 Å². The molecule has 8 nitrogen and oxygen atoms in total. The summed E-state index contributed by atoms with van der Waals surface area (Å²) in [7, 11) is 0. The van der Waals surface area contributed by atoms with Crippen LogP contribution in [0.25, 0.3) is 11.0 Å². The monoisotopic (exact) mass is 493 g/mol. The standard InChI is InChI=1S/C26H28ClN5O3/c1-17(2)13-14-28-26(34)25(23-12-11-18(3)35-23)32(20-8-6-7-19(27)15-20)24(33)16-31-22-10-5-4-9-21(22)29-30-31/h4-12,15,17,25H,13-14,16H2,1-3H3,(H,28,34). The van der Waals surface area contributed by atoms with E-state index in [0.717, 1.165) is 11.9 Å². The lowest BCUT2D eigenvalue weighted by molar-refractivity contribution is -0.127. The molecule has 0 saturated carbocycles. The van der Waals surface area contributed by atoms with Crippen LogP contribution in [-0.4, -0.2) is 33.4 Å². The Bertz CT molecular complexity index is 1330. The van der Waals surface area contributed by atoms with E-state index in [1.807, 2.05) is 24.3 Å². The zero-order chi connectivity index (χ0) is 24.9. The topological polar surface area (TPSA) is 93.3 Å². The Hall–Kier alpha value is -3.65. The second-order valence-electron chi connectivity index (χ2n) is 8.80. The summed E-state index contributed by atoms with van der Waals surface area (Å²) in [6.45, 7) is 6.33. The molecule has 0 spiro atoms. The third kappa shape index (κ3) is 5.71. The van der Waals surface area contributed by atoms with Gasteiger partial charge < -0.3 is 9.73 Å². The number of nitrogens with one attached hydrogen (secondary N) is 1. The van der Waals surface area contributed by atoms with Gasteiger partial charge in [0.1, 0.15) is 23.6 Å². The highest BCUT2D eigenvalue weighted by atomic mass is 35.5. The summed E-state index contributed by atoms with van der Waals surface area (Å²) in [5.41, 5.74) is 1.88. The third-order valence-electron chi connectivity index (χ3n) is 5.62. The van der Waals surface area contributed by atoms with Crippen LogP contribution < -0.4 is 10.2 Å². The highest BCUT2D eigenvalue weighted by Crippen LogP contribution is 2.31. The largest absolute Gasteiger partial charge is 0.464 e. The van der Waals surface area contributed by atoms with E-state index >= 15 is 0 Å². The first-order chi connectivity index (χ1) is 16.8. The number of fused-ring (bicyclic) bond motifs is 1. The van der Waals surface area contributed by atoms with E-state index in [1.54, 1.807) is 43.3 Å². The third-order valence-corrected chi connectivity index (χ3v) is 5.85. The Balaban J connectivity index is 1.74. The average molecular weight is 494 g/mol. The van der Waals surface area contributed by atoms with Crippen LogP contribution in [0.4, 0.5) is 5.69 Å². The van der Waals surface area contributed by atoms with Crippen molar-refractivity contribution in [2.45, 2.75) is 39.8 Å². The molecule has 0 radical (unpaired) electrons. The van der Waals surface area contributed by atoms with E-state index in [9.17, 15) is 9.59 Å². The van der Waals surface area contributed by atoms with Gasteiger partial charge in [-0.3, -0.25) is 14.5 Å². The summed E-state index contributed by atoms with van der Waals surface area (Å²) >= 11 is 6.28. The summed E-state index contributed by atoms with van der Waals surface area (Å²) in [5, 5.41) is 11.7. The van der Waals surface area contributed by atoms with Crippen molar-refractivity contribution in [1.82, 2.24) is 20.3 Å². The van der Waals surface area contributed by atoms with Crippen LogP contribution in [0.5, 0.6) is 0 Å². The van der Waals surface area contributed by atoms with Crippen LogP contribution in [0.1, 0.15) is 37.8 Å². The van der Waals surface area contributed by atoms with Crippen molar-refractivity contribution in [1.29, 1.82) is 0 Å². The van der Waals surface area contributed by atoms with Gasteiger partial charge in [0.2, 0.25) is 5.91 Å². The van der Waals surface area contributed by atoms with E-state index < -0.39 is 6.04 Å². The Morgan fingerprint density at radius 2 is 1.91 bits per heavy atom. The lowest BCUT2D eigenvalue weighted by atomic mass is 10.1. The average Bonchev–Trinajstić information content (AvgIpc) is 3.43. The van der Waals surface area contributed by atoms with Gasteiger partial charge in [-0.15, -0.1) is 5.10 Å². The Morgan fingerprint density at radius 1 is 1.11 bits per heavy atom. The van der Waals surface area contributed by atoms with E-state index in [4.69, 9.17) is 16.0 Å². The fraction of sp³-hybridized carbons (Fsp3) is 0.308. The first kappa shape index (κ1) is 24.5. The van der Waals surface area contributed by atoms with Crippen LogP contribution in [0.2, 0.25) is 5.02 Å². The summed E-state index contributed by atoms with van der Waals surface area (Å²) < 4.78 is 7.38. The van der Waals surface area contributed by atoms with Crippen molar-refractivity contribution in [2.75, 3.05) is 11.4 Å². The zero-order valence-electron chi connectivity index (χ0n) is 19.9. The minimum absolute atomic E-state index is 0.123. The molecule has 0 aliphatic rings. The van der Waals surface area contributed by atoms with Gasteiger partial charge in [0.25, 0.3) is 5.91 Å². The second kappa shape index (κ2) is 10.7. The molecule has 0 bridgehead atoms. The highest BCUT2D eigenvalue weighted by molar-refractivity contribution is 6.31. The van der Waals surface area contributed by atoms with Gasteiger partial charge in [-0.2, -0.15) is 0 Å². The smallest absolute Gasteiger partial charge is 0.251 e. The highest BCUT2D eigenvalue weighted by Gasteiger charge is 2.35. The first-order valence-electron chi connectivity index (χ1n) is 11.5. The maximum Gasteiger partial charge on any atom is 0.251 e. The number of carbonyl (C=O) groups is 2. The molecule has 1 N–H and O–H groups in total. The van der Waals surface area contributed by atoms with Gasteiger partial charge in [0, 0.05) is 17.3 Å². The van der Waals surface area contributed by atoms with Gasteiger partial charge in [-0.25, -0.2) is 4.68 Å². The Labute approximate surface area is 208 Å². The molecule has 1 atom stereocenters. The fourth-order valence-electron chi connectivity index (χ4n) is 3.86. The van der Waals surface area contributed by atoms with Gasteiger partial charge in [0.15, 0.2) is 6.04 Å². The van der Waals surface area contributed by atoms with Gasteiger partial charge >= 0.3 is 0 Å². The van der Waals surface area contributed by atoms with Gasteiger partial charge in [-0.05, 0) is 61.7 Å². The number of anilines is 1. The molecule has 1 unspecified atom stereocenters. The molecule has 35 heavy (non-hydrogen) atoms. The van der Waals surface area contributed by atoms with Crippen molar-refractivity contribution in [3.63, 3.8) is 0 Å². The van der Waals surface area contributed by atoms with Gasteiger partial charge in [-0.1, -0.05) is 48.9 Å². The number of aryl methyl sites for hydroxylation is 1. The normalized spacial score (nSPS) is 12.1. The predicted octanol–water partition coefficient (Wildman–Crippen LogP) is 4.92. The number of aromatic nitrogens is 3. The minimum Gasteiger partial charge on any atom is -0.464 e. The molecular weight excluding hydrogens is 466 g/mol. The van der Waals surface area contributed by atoms with Crippen molar-refractivity contribution < 1.29 is 14.0 Å². The maximum absolute atomic E-state index is 13.8. The molecule has 0 saturated heterocycles. The lowest BCUT2D eigenvalue weighted by Gasteiger charge is -2.30. The van der Waals surface area contributed by atoms with Crippen LogP contribution in [0.15, 0.2) is 65.1 Å². The molecule has 2 amide bonds. The fourth-order valence-corrected chi connectivity index (χ4v) is 4.04. The summed E-state index contributed by atoms with van der Waals surface area (Å²) in [4.78, 5) is 28.8. The Morgan fingerprint density at radius 3 is 2.63 bits per heavy atom. The molecule has 2 aromatic heterocycles. The van der Waals surface area contributed by atoms with Crippen molar-refractivity contribution in [3.8, 4) is 0 Å². The minimum atomic E-state index is -1.03. The zero-order valence-corrected chi connectivity index (χ0v) is 20.7. The van der Waals surface area contributed by atoms with E-state index in [0.29, 0.717) is 40.2 Å². The van der Waals surface area contributed by atoms with E-state index in [2.05, 4.69) is 29.5 Å².